The van der Waals surface area contributed by atoms with Gasteiger partial charge in [-0.3, -0.25) is 20.2 Å². The number of halogens is 1. The molecular formula is C18H18ClN3O4S. The van der Waals surface area contributed by atoms with Crippen LogP contribution in [0.4, 0.5) is 11.4 Å². The Labute approximate surface area is 166 Å². The van der Waals surface area contributed by atoms with E-state index in [2.05, 4.69) is 10.6 Å². The predicted molar refractivity (Wildman–Crippen MR) is 109 cm³/mol. The quantitative estimate of drug-likeness (QED) is 0.418. The van der Waals surface area contributed by atoms with Crippen LogP contribution in [0.25, 0.3) is 0 Å². The third-order valence-corrected chi connectivity index (χ3v) is 3.83. The molecule has 2 aromatic carbocycles. The van der Waals surface area contributed by atoms with Crippen LogP contribution in [0.15, 0.2) is 42.5 Å². The number of amides is 1. The second-order valence-electron chi connectivity index (χ2n) is 6.06. The van der Waals surface area contributed by atoms with Crippen LogP contribution in [-0.4, -0.2) is 22.5 Å². The molecule has 7 nitrogen and oxygen atoms in total. The van der Waals surface area contributed by atoms with Crippen molar-refractivity contribution in [1.29, 1.82) is 0 Å². The molecule has 9 heteroatoms. The lowest BCUT2D eigenvalue weighted by molar-refractivity contribution is -0.384. The Morgan fingerprint density at radius 2 is 2.04 bits per heavy atom. The first-order valence-electron chi connectivity index (χ1n) is 8.05. The van der Waals surface area contributed by atoms with Crippen LogP contribution in [0, 0.1) is 16.0 Å². The summed E-state index contributed by atoms with van der Waals surface area (Å²) in [5, 5.41) is 16.2. The number of anilines is 1. The summed E-state index contributed by atoms with van der Waals surface area (Å²) in [4.78, 5) is 22.7. The number of benzene rings is 2. The fourth-order valence-corrected chi connectivity index (χ4v) is 2.46. The van der Waals surface area contributed by atoms with E-state index in [0.29, 0.717) is 29.5 Å². The van der Waals surface area contributed by atoms with Gasteiger partial charge in [0.15, 0.2) is 5.11 Å². The number of carbonyl (C=O) groups is 1. The van der Waals surface area contributed by atoms with Gasteiger partial charge in [-0.2, -0.15) is 0 Å². The average Bonchev–Trinajstić information content (AvgIpc) is 2.61. The summed E-state index contributed by atoms with van der Waals surface area (Å²) in [6, 6.07) is 10.9. The summed E-state index contributed by atoms with van der Waals surface area (Å²) in [6.07, 6.45) is 0. The molecule has 0 aliphatic heterocycles. The Morgan fingerprint density at radius 3 is 2.70 bits per heavy atom. The summed E-state index contributed by atoms with van der Waals surface area (Å²) in [6.45, 7) is 4.60. The van der Waals surface area contributed by atoms with Crippen molar-refractivity contribution in [3.63, 3.8) is 0 Å². The van der Waals surface area contributed by atoms with Crippen molar-refractivity contribution < 1.29 is 14.5 Å². The van der Waals surface area contributed by atoms with E-state index in [1.54, 1.807) is 24.3 Å². The van der Waals surface area contributed by atoms with Gasteiger partial charge in [0.25, 0.3) is 11.6 Å². The van der Waals surface area contributed by atoms with Crippen LogP contribution in [0.2, 0.25) is 5.02 Å². The molecule has 0 saturated carbocycles. The number of nitro benzene ring substituents is 1. The third-order valence-electron chi connectivity index (χ3n) is 3.31. The SMILES string of the molecule is CC(C)COc1cccc(C(=O)NC(=S)Nc2ccc(Cl)c([N+](=O)[O-])c2)c1. The first kappa shape index (κ1) is 20.6. The normalized spacial score (nSPS) is 10.4. The van der Waals surface area contributed by atoms with Gasteiger partial charge in [0.05, 0.1) is 11.5 Å². The van der Waals surface area contributed by atoms with Crippen molar-refractivity contribution in [2.45, 2.75) is 13.8 Å². The maximum atomic E-state index is 12.3. The van der Waals surface area contributed by atoms with Crippen molar-refractivity contribution in [2.24, 2.45) is 5.92 Å². The van der Waals surface area contributed by atoms with Crippen LogP contribution >= 0.6 is 23.8 Å². The lowest BCUT2D eigenvalue weighted by Gasteiger charge is -2.12. The number of nitrogens with zero attached hydrogens (tertiary/aromatic N) is 1. The maximum absolute atomic E-state index is 12.3. The fourth-order valence-electron chi connectivity index (χ4n) is 2.06. The zero-order valence-electron chi connectivity index (χ0n) is 14.7. The van der Waals surface area contributed by atoms with Gasteiger partial charge in [-0.05, 0) is 48.5 Å². The van der Waals surface area contributed by atoms with Gasteiger partial charge in [-0.1, -0.05) is 31.5 Å². The molecule has 27 heavy (non-hydrogen) atoms. The molecule has 1 amide bonds. The molecule has 0 spiro atoms. The molecule has 2 aromatic rings. The van der Waals surface area contributed by atoms with E-state index in [1.165, 1.54) is 18.2 Å². The molecule has 2 rings (SSSR count). The van der Waals surface area contributed by atoms with E-state index in [0.717, 1.165) is 0 Å². The summed E-state index contributed by atoms with van der Waals surface area (Å²) >= 11 is 10.9. The minimum Gasteiger partial charge on any atom is -0.493 e. The number of hydrogen-bond acceptors (Lipinski definition) is 5. The molecule has 0 radical (unpaired) electrons. The topological polar surface area (TPSA) is 93.5 Å². The number of carbonyl (C=O) groups excluding carboxylic acids is 1. The first-order chi connectivity index (χ1) is 12.8. The molecule has 0 saturated heterocycles. The second kappa shape index (κ2) is 9.29. The average molecular weight is 408 g/mol. The van der Waals surface area contributed by atoms with Crippen molar-refractivity contribution in [3.8, 4) is 5.75 Å². The predicted octanol–water partition coefficient (Wildman–Crippen LogP) is 4.41. The Morgan fingerprint density at radius 1 is 1.30 bits per heavy atom. The Hall–Kier alpha value is -2.71. The lowest BCUT2D eigenvalue weighted by Crippen LogP contribution is -2.34. The van der Waals surface area contributed by atoms with E-state index >= 15 is 0 Å². The van der Waals surface area contributed by atoms with Crippen molar-refractivity contribution in [2.75, 3.05) is 11.9 Å². The van der Waals surface area contributed by atoms with Crippen molar-refractivity contribution in [1.82, 2.24) is 5.32 Å². The molecular weight excluding hydrogens is 390 g/mol. The summed E-state index contributed by atoms with van der Waals surface area (Å²) in [7, 11) is 0. The molecule has 142 valence electrons. The van der Waals surface area contributed by atoms with E-state index in [-0.39, 0.29) is 15.8 Å². The summed E-state index contributed by atoms with van der Waals surface area (Å²) < 4.78 is 5.60. The smallest absolute Gasteiger partial charge is 0.289 e. The molecule has 0 heterocycles. The van der Waals surface area contributed by atoms with Gasteiger partial charge in [-0.15, -0.1) is 0 Å². The van der Waals surface area contributed by atoms with E-state index in [9.17, 15) is 14.9 Å². The molecule has 0 atom stereocenters. The maximum Gasteiger partial charge on any atom is 0.289 e. The Kier molecular flexibility index (Phi) is 7.09. The van der Waals surface area contributed by atoms with Crippen molar-refractivity contribution in [3.05, 3.63) is 63.2 Å². The van der Waals surface area contributed by atoms with Crippen LogP contribution in [0.1, 0.15) is 24.2 Å². The number of nitrogens with one attached hydrogen (secondary N) is 2. The van der Waals surface area contributed by atoms with Gasteiger partial charge in [0, 0.05) is 17.3 Å². The zero-order valence-corrected chi connectivity index (χ0v) is 16.3. The largest absolute Gasteiger partial charge is 0.493 e. The first-order valence-corrected chi connectivity index (χ1v) is 8.84. The third kappa shape index (κ3) is 6.19. The second-order valence-corrected chi connectivity index (χ2v) is 6.88. The summed E-state index contributed by atoms with van der Waals surface area (Å²) in [5.74, 6) is 0.525. The molecule has 0 unspecified atom stereocenters. The van der Waals surface area contributed by atoms with E-state index in [1.807, 2.05) is 13.8 Å². The minimum absolute atomic E-state index is 0.00474. The highest BCUT2D eigenvalue weighted by atomic mass is 35.5. The summed E-state index contributed by atoms with van der Waals surface area (Å²) in [5.41, 5.74) is 0.457. The van der Waals surface area contributed by atoms with Gasteiger partial charge in [0.2, 0.25) is 0 Å². The number of nitro groups is 1. The monoisotopic (exact) mass is 407 g/mol. The molecule has 0 aliphatic carbocycles. The minimum atomic E-state index is -0.599. The van der Waals surface area contributed by atoms with Gasteiger partial charge in [0.1, 0.15) is 10.8 Å². The van der Waals surface area contributed by atoms with E-state index < -0.39 is 10.8 Å². The number of ether oxygens (including phenoxy) is 1. The van der Waals surface area contributed by atoms with Crippen LogP contribution in [0.3, 0.4) is 0 Å². The van der Waals surface area contributed by atoms with E-state index in [4.69, 9.17) is 28.6 Å². The molecule has 2 N–H and O–H groups in total. The highest BCUT2D eigenvalue weighted by molar-refractivity contribution is 7.80. The zero-order chi connectivity index (χ0) is 20.0. The van der Waals surface area contributed by atoms with Crippen molar-refractivity contribution >= 4 is 46.2 Å². The Balaban J connectivity index is 2.01. The standard InChI is InChI=1S/C18H18ClN3O4S/c1-11(2)10-26-14-5-3-4-12(8-14)17(23)21-18(27)20-13-6-7-15(19)16(9-13)22(24)25/h3-9,11H,10H2,1-2H3,(H2,20,21,23,27). The lowest BCUT2D eigenvalue weighted by atomic mass is 10.2. The van der Waals surface area contributed by atoms with Crippen LogP contribution in [0.5, 0.6) is 5.75 Å². The number of thiocarbonyl (C=S) groups is 1. The number of rotatable bonds is 6. The van der Waals surface area contributed by atoms with Gasteiger partial charge >= 0.3 is 0 Å². The fraction of sp³-hybridized carbons (Fsp3) is 0.222. The van der Waals surface area contributed by atoms with Crippen LogP contribution in [-0.2, 0) is 0 Å². The van der Waals surface area contributed by atoms with Gasteiger partial charge < -0.3 is 10.1 Å². The molecule has 0 aliphatic rings. The highest BCUT2D eigenvalue weighted by Crippen LogP contribution is 2.27. The molecule has 0 bridgehead atoms. The molecule has 0 aromatic heterocycles. The van der Waals surface area contributed by atoms with Crippen LogP contribution < -0.4 is 15.4 Å². The van der Waals surface area contributed by atoms with Gasteiger partial charge in [-0.25, -0.2) is 0 Å². The molecule has 0 fully saturated rings. The number of hydrogen-bond donors (Lipinski definition) is 2. The Bertz CT molecular complexity index is 873. The highest BCUT2D eigenvalue weighted by Gasteiger charge is 2.14.